The van der Waals surface area contributed by atoms with Crippen molar-refractivity contribution in [1.82, 2.24) is 4.98 Å². The van der Waals surface area contributed by atoms with E-state index in [1.807, 2.05) is 0 Å². The maximum Gasteiger partial charge on any atom is 0.294 e. The van der Waals surface area contributed by atoms with Crippen molar-refractivity contribution < 1.29 is 17.8 Å². The Morgan fingerprint density at radius 3 is 2.46 bits per heavy atom. The monoisotopic (exact) mass is 344 g/mol. The molecule has 0 saturated heterocycles. The van der Waals surface area contributed by atoms with Crippen LogP contribution in [0.4, 0.5) is 11.4 Å². The number of rotatable bonds is 5. The second-order valence-corrected chi connectivity index (χ2v) is 5.93. The topological polar surface area (TPSA) is 132 Å². The van der Waals surface area contributed by atoms with Gasteiger partial charge in [0.05, 0.1) is 16.8 Å². The average molecular weight is 344 g/mol. The van der Waals surface area contributed by atoms with Gasteiger partial charge in [-0.1, -0.05) is 0 Å². The largest absolute Gasteiger partial charge is 0.359 e. The highest BCUT2D eigenvalue weighted by Crippen LogP contribution is 2.14. The van der Waals surface area contributed by atoms with Crippen LogP contribution in [0.5, 0.6) is 0 Å². The summed E-state index contributed by atoms with van der Waals surface area (Å²) in [5.41, 5.74) is 0.697. The molecule has 8 nitrogen and oxygen atoms in total. The van der Waals surface area contributed by atoms with E-state index >= 15 is 0 Å². The molecule has 0 aliphatic carbocycles. The molecule has 1 heterocycles. The number of hydrogen-bond donors (Lipinski definition) is 3. The van der Waals surface area contributed by atoms with Gasteiger partial charge in [0.1, 0.15) is 11.6 Å². The molecule has 0 unspecified atom stereocenters. The predicted octanol–water partition coefficient (Wildman–Crippen LogP) is 1.79. The summed E-state index contributed by atoms with van der Waals surface area (Å²) in [6, 6.07) is 10.0. The number of carbonyl (C=O) groups excluding carboxylic acids is 1. The van der Waals surface area contributed by atoms with Gasteiger partial charge in [0.15, 0.2) is 0 Å². The molecule has 1 aromatic carbocycles. The second kappa shape index (κ2) is 7.36. The summed E-state index contributed by atoms with van der Waals surface area (Å²) in [6.45, 7) is 0. The van der Waals surface area contributed by atoms with Crippen LogP contribution in [-0.4, -0.2) is 23.9 Å². The summed E-state index contributed by atoms with van der Waals surface area (Å²) in [5, 5.41) is 14.3. The van der Waals surface area contributed by atoms with Crippen molar-refractivity contribution in [3.05, 3.63) is 60.6 Å². The molecule has 2 rings (SSSR count). The van der Waals surface area contributed by atoms with Crippen molar-refractivity contribution in [1.29, 1.82) is 5.26 Å². The Kier molecular flexibility index (Phi) is 5.26. The Bertz CT molecular complexity index is 901. The first kappa shape index (κ1) is 17.1. The summed E-state index contributed by atoms with van der Waals surface area (Å²) in [6.07, 6.45) is 4.35. The zero-order valence-electron chi connectivity index (χ0n) is 12.2. The lowest BCUT2D eigenvalue weighted by molar-refractivity contribution is -0.112. The normalized spacial score (nSPS) is 11.4. The molecule has 0 saturated carbocycles. The lowest BCUT2D eigenvalue weighted by atomic mass is 10.2. The molecule has 3 N–H and O–H groups in total. The van der Waals surface area contributed by atoms with Gasteiger partial charge in [0.25, 0.3) is 16.0 Å². The summed E-state index contributed by atoms with van der Waals surface area (Å²) >= 11 is 0. The minimum atomic E-state index is -4.30. The van der Waals surface area contributed by atoms with Crippen molar-refractivity contribution in [2.75, 3.05) is 10.6 Å². The molecular formula is C15H12N4O4S. The minimum Gasteiger partial charge on any atom is -0.359 e. The van der Waals surface area contributed by atoms with E-state index < -0.39 is 16.0 Å². The molecule has 9 heteroatoms. The Morgan fingerprint density at radius 1 is 1.21 bits per heavy atom. The SMILES string of the molecule is N#C/C(=C/Nc1cccnc1)C(=O)Nc1ccc(S(=O)(=O)O)cc1. The molecule has 0 atom stereocenters. The van der Waals surface area contributed by atoms with Gasteiger partial charge in [-0.2, -0.15) is 13.7 Å². The standard InChI is InChI=1S/C15H12N4O4S/c16-8-11(9-18-13-2-1-7-17-10-13)15(20)19-12-3-5-14(6-4-12)24(21,22)23/h1-7,9-10,18H,(H,19,20)(H,21,22,23)/b11-9-. The highest BCUT2D eigenvalue weighted by molar-refractivity contribution is 7.85. The summed E-state index contributed by atoms with van der Waals surface area (Å²) in [4.78, 5) is 15.6. The molecule has 0 bridgehead atoms. The lowest BCUT2D eigenvalue weighted by Gasteiger charge is -2.05. The fourth-order valence-electron chi connectivity index (χ4n) is 1.66. The van der Waals surface area contributed by atoms with Crippen LogP contribution in [0.3, 0.4) is 0 Å². The molecule has 2 aromatic rings. The first-order valence-corrected chi connectivity index (χ1v) is 8.00. The summed E-state index contributed by atoms with van der Waals surface area (Å²) < 4.78 is 30.8. The van der Waals surface area contributed by atoms with E-state index in [2.05, 4.69) is 15.6 Å². The maximum absolute atomic E-state index is 12.0. The third kappa shape index (κ3) is 4.64. The van der Waals surface area contributed by atoms with Crippen molar-refractivity contribution in [3.63, 3.8) is 0 Å². The van der Waals surface area contributed by atoms with Crippen LogP contribution in [0.2, 0.25) is 0 Å². The van der Waals surface area contributed by atoms with Crippen molar-refractivity contribution >= 4 is 27.4 Å². The highest BCUT2D eigenvalue weighted by atomic mass is 32.2. The van der Waals surface area contributed by atoms with Crippen LogP contribution < -0.4 is 10.6 Å². The Morgan fingerprint density at radius 2 is 1.92 bits per heavy atom. The van der Waals surface area contributed by atoms with E-state index in [4.69, 9.17) is 9.81 Å². The van der Waals surface area contributed by atoms with E-state index in [-0.39, 0.29) is 16.2 Å². The van der Waals surface area contributed by atoms with E-state index in [1.165, 1.54) is 24.5 Å². The third-order valence-electron chi connectivity index (χ3n) is 2.82. The molecular weight excluding hydrogens is 332 g/mol. The number of anilines is 2. The number of hydrogen-bond acceptors (Lipinski definition) is 6. The smallest absolute Gasteiger partial charge is 0.294 e. The molecule has 0 aliphatic heterocycles. The van der Waals surface area contributed by atoms with Crippen LogP contribution in [0.25, 0.3) is 0 Å². The van der Waals surface area contributed by atoms with Crippen LogP contribution in [0.15, 0.2) is 65.5 Å². The van der Waals surface area contributed by atoms with E-state index in [9.17, 15) is 13.2 Å². The number of amides is 1. The first-order chi connectivity index (χ1) is 11.4. The highest BCUT2D eigenvalue weighted by Gasteiger charge is 2.12. The van der Waals surface area contributed by atoms with E-state index in [0.717, 1.165) is 12.1 Å². The van der Waals surface area contributed by atoms with Crippen molar-refractivity contribution in [2.45, 2.75) is 4.90 Å². The molecule has 1 amide bonds. The lowest BCUT2D eigenvalue weighted by Crippen LogP contribution is -2.14. The number of nitrogens with zero attached hydrogens (tertiary/aromatic N) is 2. The van der Waals surface area contributed by atoms with Crippen LogP contribution >= 0.6 is 0 Å². The van der Waals surface area contributed by atoms with Gasteiger partial charge >= 0.3 is 0 Å². The second-order valence-electron chi connectivity index (χ2n) is 4.51. The molecule has 122 valence electrons. The Hall–Kier alpha value is -3.22. The number of benzene rings is 1. The van der Waals surface area contributed by atoms with Crippen molar-refractivity contribution in [2.24, 2.45) is 0 Å². The molecule has 0 aliphatic rings. The van der Waals surface area contributed by atoms with Crippen LogP contribution in [0, 0.1) is 11.3 Å². The molecule has 0 radical (unpaired) electrons. The molecule has 0 fully saturated rings. The van der Waals surface area contributed by atoms with Gasteiger partial charge in [0.2, 0.25) is 0 Å². The van der Waals surface area contributed by atoms with Gasteiger partial charge in [-0.3, -0.25) is 14.3 Å². The van der Waals surface area contributed by atoms with Gasteiger partial charge in [-0.15, -0.1) is 0 Å². The van der Waals surface area contributed by atoms with Crippen LogP contribution in [-0.2, 0) is 14.9 Å². The third-order valence-corrected chi connectivity index (χ3v) is 3.69. The maximum atomic E-state index is 12.0. The molecule has 0 spiro atoms. The average Bonchev–Trinajstić information content (AvgIpc) is 2.56. The number of carbonyl (C=O) groups is 1. The number of nitrogens with one attached hydrogen (secondary N) is 2. The number of aromatic nitrogens is 1. The first-order valence-electron chi connectivity index (χ1n) is 6.56. The van der Waals surface area contributed by atoms with Crippen molar-refractivity contribution in [3.8, 4) is 6.07 Å². The van der Waals surface area contributed by atoms with Gasteiger partial charge in [-0.05, 0) is 36.4 Å². The fraction of sp³-hybridized carbons (Fsp3) is 0. The Balaban J connectivity index is 2.08. The zero-order chi connectivity index (χ0) is 17.6. The quantitative estimate of drug-likeness (QED) is 0.428. The van der Waals surface area contributed by atoms with Gasteiger partial charge in [0, 0.05) is 18.1 Å². The predicted molar refractivity (Wildman–Crippen MR) is 86.4 cm³/mol. The van der Waals surface area contributed by atoms with Crippen LogP contribution in [0.1, 0.15) is 0 Å². The zero-order valence-corrected chi connectivity index (χ0v) is 13.0. The molecule has 1 aromatic heterocycles. The fourth-order valence-corrected chi connectivity index (χ4v) is 2.14. The van der Waals surface area contributed by atoms with Gasteiger partial charge < -0.3 is 10.6 Å². The number of nitriles is 1. The minimum absolute atomic E-state index is 0.183. The Labute approximate surface area is 138 Å². The molecule has 24 heavy (non-hydrogen) atoms. The number of pyridine rings is 1. The van der Waals surface area contributed by atoms with E-state index in [0.29, 0.717) is 5.69 Å². The summed E-state index contributed by atoms with van der Waals surface area (Å²) in [5.74, 6) is -0.673. The van der Waals surface area contributed by atoms with E-state index in [1.54, 1.807) is 24.4 Å². The summed E-state index contributed by atoms with van der Waals surface area (Å²) in [7, 11) is -4.30. The van der Waals surface area contributed by atoms with Gasteiger partial charge in [-0.25, -0.2) is 0 Å².